The normalized spacial score (nSPS) is 10.9. The van der Waals surface area contributed by atoms with Gasteiger partial charge in [-0.2, -0.15) is 4.72 Å². The van der Waals surface area contributed by atoms with Crippen LogP contribution in [0.15, 0.2) is 70.2 Å². The van der Waals surface area contributed by atoms with Gasteiger partial charge >= 0.3 is 5.97 Å². The highest BCUT2D eigenvalue weighted by atomic mass is 32.2. The monoisotopic (exact) mass is 532 g/mol. The van der Waals surface area contributed by atoms with Gasteiger partial charge in [-0.15, -0.1) is 0 Å². The molecule has 0 saturated carbocycles. The molecule has 0 atom stereocenters. The van der Waals surface area contributed by atoms with Gasteiger partial charge in [0.1, 0.15) is 23.7 Å². The summed E-state index contributed by atoms with van der Waals surface area (Å²) < 4.78 is 42.1. The second-order valence-electron chi connectivity index (χ2n) is 7.48. The Morgan fingerprint density at radius 3 is 2.49 bits per heavy atom. The Bertz CT molecular complexity index is 1340. The van der Waals surface area contributed by atoms with Gasteiger partial charge in [0.05, 0.1) is 29.7 Å². The second-order valence-corrected chi connectivity index (χ2v) is 9.25. The van der Waals surface area contributed by atoms with Crippen molar-refractivity contribution in [3.05, 3.63) is 82.3 Å². The van der Waals surface area contributed by atoms with Crippen molar-refractivity contribution < 1.29 is 36.8 Å². The Labute approximate surface area is 212 Å². The summed E-state index contributed by atoms with van der Waals surface area (Å²) in [5.74, 6) is -0.394. The van der Waals surface area contributed by atoms with Gasteiger partial charge in [0.25, 0.3) is 11.6 Å². The number of esters is 1. The minimum absolute atomic E-state index is 0.0837. The molecule has 37 heavy (non-hydrogen) atoms. The van der Waals surface area contributed by atoms with Crippen molar-refractivity contribution in [2.24, 2.45) is 0 Å². The molecule has 3 aromatic rings. The number of sulfonamides is 1. The van der Waals surface area contributed by atoms with Gasteiger partial charge in [-0.25, -0.2) is 8.42 Å². The topological polar surface area (TPSA) is 179 Å². The molecule has 2 aromatic carbocycles. The molecule has 0 aliphatic heterocycles. The first-order chi connectivity index (χ1) is 17.7. The van der Waals surface area contributed by atoms with E-state index in [2.05, 4.69) is 10.6 Å². The molecule has 1 amide bonds. The third-order valence-electron chi connectivity index (χ3n) is 4.93. The van der Waals surface area contributed by atoms with E-state index in [4.69, 9.17) is 13.9 Å². The summed E-state index contributed by atoms with van der Waals surface area (Å²) in [4.78, 5) is 34.1. The molecule has 196 valence electrons. The Balaban J connectivity index is 1.49. The average molecular weight is 533 g/mol. The zero-order valence-corrected chi connectivity index (χ0v) is 20.4. The average Bonchev–Trinajstić information content (AvgIpc) is 3.42. The quantitative estimate of drug-likeness (QED) is 0.167. The molecule has 0 fully saturated rings. The lowest BCUT2D eigenvalue weighted by molar-refractivity contribution is -0.384. The highest BCUT2D eigenvalue weighted by Gasteiger charge is 2.22. The van der Waals surface area contributed by atoms with Crippen LogP contribution >= 0.6 is 0 Å². The third-order valence-corrected chi connectivity index (χ3v) is 6.33. The van der Waals surface area contributed by atoms with E-state index >= 15 is 0 Å². The molecule has 0 bridgehead atoms. The van der Waals surface area contributed by atoms with Crippen LogP contribution in [-0.4, -0.2) is 45.5 Å². The summed E-state index contributed by atoms with van der Waals surface area (Å²) in [5.41, 5.74) is 0.399. The Kier molecular flexibility index (Phi) is 9.18. The van der Waals surface area contributed by atoms with Crippen LogP contribution in [0.1, 0.15) is 11.3 Å². The fourth-order valence-corrected chi connectivity index (χ4v) is 3.99. The van der Waals surface area contributed by atoms with E-state index in [1.807, 2.05) is 4.72 Å². The summed E-state index contributed by atoms with van der Waals surface area (Å²) in [6, 6.07) is 13.6. The Hall–Kier alpha value is -4.43. The molecule has 14 heteroatoms. The number of nitrogens with one attached hydrogen (secondary N) is 3. The minimum Gasteiger partial charge on any atom is -0.497 e. The second kappa shape index (κ2) is 12.5. The van der Waals surface area contributed by atoms with Gasteiger partial charge in [0.15, 0.2) is 6.61 Å². The number of hydrogen-bond donors (Lipinski definition) is 3. The first-order valence-corrected chi connectivity index (χ1v) is 12.3. The summed E-state index contributed by atoms with van der Waals surface area (Å²) in [6.07, 6.45) is 1.45. The van der Waals surface area contributed by atoms with Crippen molar-refractivity contribution in [1.29, 1.82) is 0 Å². The molecular weight excluding hydrogens is 508 g/mol. The number of ether oxygens (including phenoxy) is 2. The van der Waals surface area contributed by atoms with Crippen LogP contribution in [0, 0.1) is 10.1 Å². The molecule has 3 rings (SSSR count). The number of methoxy groups -OCH3 is 1. The van der Waals surface area contributed by atoms with Crippen molar-refractivity contribution >= 4 is 33.3 Å². The van der Waals surface area contributed by atoms with Crippen molar-refractivity contribution in [2.75, 3.05) is 25.6 Å². The van der Waals surface area contributed by atoms with Crippen molar-refractivity contribution in [2.45, 2.75) is 18.0 Å². The Morgan fingerprint density at radius 2 is 1.84 bits per heavy atom. The fourth-order valence-electron chi connectivity index (χ4n) is 3.00. The zero-order chi connectivity index (χ0) is 26.8. The van der Waals surface area contributed by atoms with Crippen LogP contribution in [0.3, 0.4) is 0 Å². The van der Waals surface area contributed by atoms with Gasteiger partial charge < -0.3 is 24.5 Å². The van der Waals surface area contributed by atoms with Gasteiger partial charge in [0, 0.05) is 12.6 Å². The zero-order valence-electron chi connectivity index (χ0n) is 19.6. The number of rotatable bonds is 13. The molecule has 0 saturated heterocycles. The lowest BCUT2D eigenvalue weighted by Gasteiger charge is -2.10. The number of nitro groups is 1. The van der Waals surface area contributed by atoms with E-state index in [0.717, 1.165) is 17.7 Å². The smallest absolute Gasteiger partial charge is 0.321 e. The Morgan fingerprint density at radius 1 is 1.08 bits per heavy atom. The molecule has 1 heterocycles. The lowest BCUT2D eigenvalue weighted by atomic mass is 10.2. The molecule has 0 aliphatic carbocycles. The van der Waals surface area contributed by atoms with E-state index in [9.17, 15) is 28.1 Å². The molecule has 13 nitrogen and oxygen atoms in total. The lowest BCUT2D eigenvalue weighted by Crippen LogP contribution is -2.33. The van der Waals surface area contributed by atoms with Gasteiger partial charge in [0.2, 0.25) is 10.0 Å². The molecule has 1 aromatic heterocycles. The molecule has 0 spiro atoms. The van der Waals surface area contributed by atoms with Crippen LogP contribution in [0.2, 0.25) is 0 Å². The van der Waals surface area contributed by atoms with Crippen LogP contribution in [0.4, 0.5) is 11.4 Å². The number of nitro benzene ring substituents is 1. The maximum absolute atomic E-state index is 12.5. The highest BCUT2D eigenvalue weighted by Crippen LogP contribution is 2.28. The summed E-state index contributed by atoms with van der Waals surface area (Å²) in [5, 5.41) is 16.8. The van der Waals surface area contributed by atoms with Crippen LogP contribution < -0.4 is 20.1 Å². The number of carbonyl (C=O) groups excluding carboxylic acids is 2. The standard InChI is InChI=1S/C23H24N4O9S/c1-34-17-6-4-16(5-7-17)12-25-22(28)15-36-23(29)14-26-37(32,33)19-8-9-20(21(11-19)27(30)31)24-13-18-3-2-10-35-18/h2-11,24,26H,12-15H2,1H3,(H,25,28). The first-order valence-electron chi connectivity index (χ1n) is 10.8. The number of hydrogen-bond acceptors (Lipinski definition) is 10. The predicted molar refractivity (Wildman–Crippen MR) is 130 cm³/mol. The van der Waals surface area contributed by atoms with Gasteiger partial charge in [-0.3, -0.25) is 19.7 Å². The molecule has 3 N–H and O–H groups in total. The maximum Gasteiger partial charge on any atom is 0.321 e. The summed E-state index contributed by atoms with van der Waals surface area (Å²) in [7, 11) is -2.75. The SMILES string of the molecule is COc1ccc(CNC(=O)COC(=O)CNS(=O)(=O)c2ccc(NCc3ccco3)c([N+](=O)[O-])c2)cc1. The number of furan rings is 1. The third kappa shape index (κ3) is 8.05. The van der Waals surface area contributed by atoms with Crippen molar-refractivity contribution in [3.8, 4) is 5.75 Å². The number of nitrogens with zero attached hydrogens (tertiary/aromatic N) is 1. The number of benzene rings is 2. The van der Waals surface area contributed by atoms with E-state index in [0.29, 0.717) is 11.5 Å². The largest absolute Gasteiger partial charge is 0.497 e. The number of amides is 1. The predicted octanol–water partition coefficient (Wildman–Crippen LogP) is 1.95. The van der Waals surface area contributed by atoms with E-state index in [1.165, 1.54) is 19.4 Å². The van der Waals surface area contributed by atoms with E-state index in [1.54, 1.807) is 36.4 Å². The molecule has 0 aliphatic rings. The van der Waals surface area contributed by atoms with Crippen molar-refractivity contribution in [3.63, 3.8) is 0 Å². The summed E-state index contributed by atoms with van der Waals surface area (Å²) >= 11 is 0. The van der Waals surface area contributed by atoms with Crippen LogP contribution in [-0.2, 0) is 37.4 Å². The van der Waals surface area contributed by atoms with Crippen LogP contribution in [0.5, 0.6) is 5.75 Å². The molecule has 0 radical (unpaired) electrons. The van der Waals surface area contributed by atoms with Gasteiger partial charge in [-0.1, -0.05) is 12.1 Å². The van der Waals surface area contributed by atoms with Crippen molar-refractivity contribution in [1.82, 2.24) is 10.0 Å². The molecular formula is C23H24N4O9S. The highest BCUT2D eigenvalue weighted by molar-refractivity contribution is 7.89. The van der Waals surface area contributed by atoms with Crippen LogP contribution in [0.25, 0.3) is 0 Å². The fraction of sp³-hybridized carbons (Fsp3) is 0.217. The van der Waals surface area contributed by atoms with Gasteiger partial charge in [-0.05, 0) is 42.0 Å². The van der Waals surface area contributed by atoms with E-state index < -0.39 is 50.6 Å². The molecule has 0 unspecified atom stereocenters. The minimum atomic E-state index is -4.29. The maximum atomic E-state index is 12.5. The van der Waals surface area contributed by atoms with E-state index in [-0.39, 0.29) is 18.8 Å². The number of anilines is 1. The number of carbonyl (C=O) groups is 2. The summed E-state index contributed by atoms with van der Waals surface area (Å²) in [6.45, 7) is -1.05. The first kappa shape index (κ1) is 27.2.